The first-order valence-electron chi connectivity index (χ1n) is 21.0. The number of hydrogen-bond donors (Lipinski definition) is 6. The largest absolute Gasteiger partial charge is 0.490 e. The first-order valence-corrected chi connectivity index (χ1v) is 21.0. The van der Waals surface area contributed by atoms with Gasteiger partial charge in [-0.1, -0.05) is 89.1 Å². The minimum atomic E-state index is -1.93. The molecule has 0 aromatic heterocycles. The van der Waals surface area contributed by atoms with Crippen LogP contribution in [0.5, 0.6) is 0 Å². The average molecular weight is 823 g/mol. The Morgan fingerprint density at radius 2 is 1.71 bits per heavy atom. The van der Waals surface area contributed by atoms with E-state index >= 15 is 0 Å². The number of rotatable bonds is 10. The van der Waals surface area contributed by atoms with Crippen molar-refractivity contribution in [3.05, 3.63) is 59.4 Å². The zero-order valence-corrected chi connectivity index (χ0v) is 36.7. The first kappa shape index (κ1) is 49.9. The van der Waals surface area contributed by atoms with Crippen LogP contribution in [-0.2, 0) is 33.2 Å². The molecule has 2 saturated heterocycles. The fraction of sp³-hybridized carbons (Fsp3) is 0.756. The van der Waals surface area contributed by atoms with Gasteiger partial charge in [-0.05, 0) is 52.5 Å². The number of aliphatic hydroxyl groups excluding tert-OH is 5. The summed E-state index contributed by atoms with van der Waals surface area (Å²) >= 11 is 0. The maximum atomic E-state index is 13.9. The van der Waals surface area contributed by atoms with E-state index in [-0.39, 0.29) is 42.3 Å². The molecule has 13 heteroatoms. The third-order valence-electron chi connectivity index (χ3n) is 12.5. The number of esters is 1. The van der Waals surface area contributed by atoms with Gasteiger partial charge in [-0.15, -0.1) is 0 Å². The Morgan fingerprint density at radius 3 is 2.29 bits per heavy atom. The highest BCUT2D eigenvalue weighted by Gasteiger charge is 2.52. The molecule has 0 radical (unpaired) electrons. The zero-order chi connectivity index (χ0) is 43.6. The highest BCUT2D eigenvalue weighted by molar-refractivity contribution is 5.87. The van der Waals surface area contributed by atoms with E-state index < -0.39 is 90.9 Å². The summed E-state index contributed by atoms with van der Waals surface area (Å²) in [7, 11) is 2.83. The predicted octanol–water partition coefficient (Wildman–Crippen LogP) is 4.88. The van der Waals surface area contributed by atoms with Crippen molar-refractivity contribution in [3.63, 3.8) is 0 Å². The highest BCUT2D eigenvalue weighted by atomic mass is 16.7. The zero-order valence-electron chi connectivity index (χ0n) is 36.7. The van der Waals surface area contributed by atoms with Crippen LogP contribution >= 0.6 is 0 Å². The quantitative estimate of drug-likeness (QED) is 0.129. The van der Waals surface area contributed by atoms with Gasteiger partial charge >= 0.3 is 5.97 Å². The summed E-state index contributed by atoms with van der Waals surface area (Å²) in [5.74, 6) is -5.78. The van der Waals surface area contributed by atoms with E-state index in [4.69, 9.17) is 28.4 Å². The second-order valence-corrected chi connectivity index (χ2v) is 17.1. The number of cyclic esters (lactones) is 1. The molecule has 3 rings (SSSR count). The fourth-order valence-corrected chi connectivity index (χ4v) is 8.64. The Labute approximate surface area is 346 Å². The summed E-state index contributed by atoms with van der Waals surface area (Å²) in [5.41, 5.74) is 1.61. The predicted molar refractivity (Wildman–Crippen MR) is 220 cm³/mol. The Balaban J connectivity index is 2.02. The van der Waals surface area contributed by atoms with Gasteiger partial charge in [-0.3, -0.25) is 0 Å². The summed E-state index contributed by atoms with van der Waals surface area (Å²) in [6.45, 7) is 18.3. The number of carbonyl (C=O) groups excluding carboxylic acids is 1. The van der Waals surface area contributed by atoms with Gasteiger partial charge in [-0.25, -0.2) is 4.79 Å². The molecular weight excluding hydrogens is 748 g/mol. The number of hydrogen-bond acceptors (Lipinski definition) is 13. The van der Waals surface area contributed by atoms with Crippen LogP contribution in [0.4, 0.5) is 0 Å². The van der Waals surface area contributed by atoms with Crippen molar-refractivity contribution < 1.29 is 63.9 Å². The van der Waals surface area contributed by atoms with Crippen molar-refractivity contribution in [3.8, 4) is 0 Å². The lowest BCUT2D eigenvalue weighted by atomic mass is 9.77. The monoisotopic (exact) mass is 823 g/mol. The molecule has 3 heterocycles. The highest BCUT2D eigenvalue weighted by Crippen LogP contribution is 2.42. The Morgan fingerprint density at radius 1 is 1.03 bits per heavy atom. The topological polar surface area (TPSA) is 194 Å². The van der Waals surface area contributed by atoms with Crippen molar-refractivity contribution in [2.24, 2.45) is 35.5 Å². The first-order chi connectivity index (χ1) is 27.2. The maximum Gasteiger partial charge on any atom is 0.373 e. The lowest BCUT2D eigenvalue weighted by Gasteiger charge is -2.49. The fourth-order valence-electron chi connectivity index (χ4n) is 8.64. The Bertz CT molecular complexity index is 1450. The van der Waals surface area contributed by atoms with E-state index in [1.165, 1.54) is 20.3 Å². The van der Waals surface area contributed by atoms with Gasteiger partial charge in [0, 0.05) is 49.5 Å². The number of ether oxygens (including phenoxy) is 6. The van der Waals surface area contributed by atoms with E-state index in [9.17, 15) is 35.4 Å². The molecule has 58 heavy (non-hydrogen) atoms. The van der Waals surface area contributed by atoms with Crippen LogP contribution in [0.15, 0.2) is 59.4 Å². The molecule has 0 saturated carbocycles. The van der Waals surface area contributed by atoms with Gasteiger partial charge in [0.2, 0.25) is 5.76 Å². The lowest BCUT2D eigenvalue weighted by molar-refractivity contribution is -0.339. The van der Waals surface area contributed by atoms with Crippen molar-refractivity contribution in [1.82, 2.24) is 0 Å². The molecule has 0 aromatic rings. The summed E-state index contributed by atoms with van der Waals surface area (Å²) < 4.78 is 36.1. The van der Waals surface area contributed by atoms with Crippen molar-refractivity contribution in [2.45, 2.75) is 168 Å². The molecule has 0 spiro atoms. The molecule has 3 aliphatic rings. The van der Waals surface area contributed by atoms with Crippen LogP contribution in [0.2, 0.25) is 0 Å². The Hall–Kier alpha value is -2.43. The average Bonchev–Trinajstić information content (AvgIpc) is 3.17. The third kappa shape index (κ3) is 12.6. The molecule has 3 aliphatic heterocycles. The minimum Gasteiger partial charge on any atom is -0.490 e. The van der Waals surface area contributed by atoms with Crippen LogP contribution in [0, 0.1) is 35.5 Å². The van der Waals surface area contributed by atoms with E-state index in [0.29, 0.717) is 18.4 Å². The second-order valence-electron chi connectivity index (χ2n) is 17.1. The molecule has 2 fully saturated rings. The molecule has 0 unspecified atom stereocenters. The van der Waals surface area contributed by atoms with Gasteiger partial charge in [0.15, 0.2) is 12.1 Å². The standard InChI is InChI=1S/C45H74O13/c1-13-16-34-28(7)37(56-38-22-33(46)42(50)31(10)55-38)23-45(52,58-34)30(9)41(49)29(8)43-35(53-11)18-15-17-24(3)19-26(5)39(47)32(14-2)40(48)27(6)20-25(4)21-36(54-12)44(51)57-43/h13,15-18,20-21,26-35,37-43,46-50,52H,14,19,22-23H2,1-12H3/b16-13+,18-15+,24-17+,25-20?,36-21?/t26-,27-,28-,29+,30+,31-,32-,33-,34-,35+,37-,38+,39-,40-,41-,42-,43-,45-/m1/s1. The van der Waals surface area contributed by atoms with Crippen molar-refractivity contribution >= 4 is 5.97 Å². The van der Waals surface area contributed by atoms with Crippen LogP contribution in [0.25, 0.3) is 0 Å². The lowest BCUT2D eigenvalue weighted by Crippen LogP contribution is -2.59. The molecule has 0 amide bonds. The second kappa shape index (κ2) is 22.4. The van der Waals surface area contributed by atoms with E-state index in [0.717, 1.165) is 5.57 Å². The maximum absolute atomic E-state index is 13.9. The molecule has 13 nitrogen and oxygen atoms in total. The van der Waals surface area contributed by atoms with Crippen LogP contribution in [0.3, 0.4) is 0 Å². The van der Waals surface area contributed by atoms with Gasteiger partial charge in [0.1, 0.15) is 18.3 Å². The molecule has 332 valence electrons. The van der Waals surface area contributed by atoms with E-state index in [1.54, 1.807) is 39.8 Å². The van der Waals surface area contributed by atoms with Gasteiger partial charge in [-0.2, -0.15) is 0 Å². The van der Waals surface area contributed by atoms with Crippen molar-refractivity contribution in [1.29, 1.82) is 0 Å². The number of allylic oxidation sites excluding steroid dienone is 6. The molecule has 0 bridgehead atoms. The minimum absolute atomic E-state index is 0.0414. The normalized spacial score (nSPS) is 42.1. The third-order valence-corrected chi connectivity index (χ3v) is 12.5. The van der Waals surface area contributed by atoms with Gasteiger partial charge < -0.3 is 59.1 Å². The summed E-state index contributed by atoms with van der Waals surface area (Å²) in [6, 6.07) is 0. The molecule has 0 aliphatic carbocycles. The molecule has 18 atom stereocenters. The molecular formula is C45H74O13. The summed E-state index contributed by atoms with van der Waals surface area (Å²) in [4.78, 5) is 13.9. The smallest absolute Gasteiger partial charge is 0.373 e. The Kier molecular flexibility index (Phi) is 19.3. The van der Waals surface area contributed by atoms with Crippen molar-refractivity contribution in [2.75, 3.05) is 14.2 Å². The van der Waals surface area contributed by atoms with E-state index in [2.05, 4.69) is 0 Å². The molecule has 6 N–H and O–H groups in total. The summed E-state index contributed by atoms with van der Waals surface area (Å²) in [5, 5.41) is 67.8. The summed E-state index contributed by atoms with van der Waals surface area (Å²) in [6.07, 6.45) is 3.82. The number of aliphatic hydroxyl groups is 6. The van der Waals surface area contributed by atoms with Crippen LogP contribution < -0.4 is 0 Å². The SMILES string of the molecule is C/C=C/[C@H]1O[C@@](O)([C@@H](C)[C@H](O)[C@H](C)[C@H]2OC(=O)C(OC)=CC(C)=C[C@@H](C)[C@@H](O)[C@H](CC)[C@H](O)[C@H](C)C/C(C)=C/C=C/[C@@H]2OC)C[C@@H](O[C@H]2C[C@@H](O)[C@H](O)[C@@H](C)O2)[C@@H]1C. The van der Waals surface area contributed by atoms with Crippen LogP contribution in [0.1, 0.15) is 94.9 Å². The van der Waals surface area contributed by atoms with E-state index in [1.807, 2.05) is 65.8 Å². The van der Waals surface area contributed by atoms with Crippen LogP contribution in [-0.4, -0.2) is 124 Å². The number of carbonyl (C=O) groups is 1. The van der Waals surface area contributed by atoms with Gasteiger partial charge in [0.05, 0.1) is 49.8 Å². The van der Waals surface area contributed by atoms with Gasteiger partial charge in [0.25, 0.3) is 0 Å². The molecule has 0 aromatic carbocycles. The number of methoxy groups -OCH3 is 2.